The Balaban J connectivity index is 1.90. The molecule has 1 heterocycles. The molecule has 1 N–H and O–H groups in total. The molecule has 0 spiro atoms. The number of fused-ring (bicyclic) bond motifs is 1. The first-order valence-corrected chi connectivity index (χ1v) is 8.02. The lowest BCUT2D eigenvalue weighted by Crippen LogP contribution is -2.20. The molecule has 0 unspecified atom stereocenters. The predicted molar refractivity (Wildman–Crippen MR) is 94.9 cm³/mol. The van der Waals surface area contributed by atoms with Gasteiger partial charge in [0.1, 0.15) is 5.75 Å². The van der Waals surface area contributed by atoms with E-state index in [-0.39, 0.29) is 19.1 Å². The van der Waals surface area contributed by atoms with Gasteiger partial charge in [-0.15, -0.1) is 0 Å². The minimum Gasteiger partial charge on any atom is -0.483 e. The normalized spacial score (nSPS) is 11.0. The SMILES string of the molecule is Cc1cc(Cl)ccc1OCC(=O)n1c(C)c(CO)c2ccccc21. The highest BCUT2D eigenvalue weighted by molar-refractivity contribution is 6.30. The number of hydrogen-bond donors (Lipinski definition) is 1. The molecule has 2 aromatic carbocycles. The first-order valence-electron chi connectivity index (χ1n) is 7.65. The van der Waals surface area contributed by atoms with Gasteiger partial charge in [0.25, 0.3) is 5.91 Å². The fraction of sp³-hybridized carbons (Fsp3) is 0.211. The van der Waals surface area contributed by atoms with Crippen LogP contribution in [0, 0.1) is 13.8 Å². The van der Waals surface area contributed by atoms with Crippen molar-refractivity contribution in [3.63, 3.8) is 0 Å². The molecule has 0 atom stereocenters. The second kappa shape index (κ2) is 6.67. The van der Waals surface area contributed by atoms with Crippen molar-refractivity contribution in [2.45, 2.75) is 20.5 Å². The second-order valence-corrected chi connectivity index (χ2v) is 6.10. The van der Waals surface area contributed by atoms with Crippen molar-refractivity contribution in [2.75, 3.05) is 6.61 Å². The molecule has 0 radical (unpaired) electrons. The average Bonchev–Trinajstić information content (AvgIpc) is 2.85. The molecule has 3 aromatic rings. The monoisotopic (exact) mass is 343 g/mol. The van der Waals surface area contributed by atoms with Gasteiger partial charge in [-0.1, -0.05) is 29.8 Å². The minimum atomic E-state index is -0.183. The molecule has 5 heteroatoms. The number of rotatable bonds is 4. The Bertz CT molecular complexity index is 914. The van der Waals surface area contributed by atoms with E-state index >= 15 is 0 Å². The van der Waals surface area contributed by atoms with E-state index < -0.39 is 0 Å². The van der Waals surface area contributed by atoms with Gasteiger partial charge in [-0.05, 0) is 43.7 Å². The Morgan fingerprint density at radius 1 is 1.21 bits per heavy atom. The maximum absolute atomic E-state index is 12.7. The highest BCUT2D eigenvalue weighted by atomic mass is 35.5. The van der Waals surface area contributed by atoms with Gasteiger partial charge in [0.15, 0.2) is 6.61 Å². The largest absolute Gasteiger partial charge is 0.483 e. The van der Waals surface area contributed by atoms with E-state index in [1.165, 1.54) is 0 Å². The summed E-state index contributed by atoms with van der Waals surface area (Å²) in [4.78, 5) is 12.7. The third-order valence-corrected chi connectivity index (χ3v) is 4.37. The van der Waals surface area contributed by atoms with Crippen molar-refractivity contribution in [3.8, 4) is 5.75 Å². The highest BCUT2D eigenvalue weighted by Gasteiger charge is 2.18. The van der Waals surface area contributed by atoms with Crippen molar-refractivity contribution in [3.05, 3.63) is 64.3 Å². The molecule has 4 nitrogen and oxygen atoms in total. The Labute approximate surface area is 145 Å². The zero-order valence-electron chi connectivity index (χ0n) is 13.5. The van der Waals surface area contributed by atoms with Gasteiger partial charge in [0, 0.05) is 21.7 Å². The lowest BCUT2D eigenvalue weighted by Gasteiger charge is -2.11. The molecule has 124 valence electrons. The lowest BCUT2D eigenvalue weighted by molar-refractivity contribution is 0.0840. The Hall–Kier alpha value is -2.30. The average molecular weight is 344 g/mol. The first kappa shape index (κ1) is 16.6. The van der Waals surface area contributed by atoms with Gasteiger partial charge in [-0.3, -0.25) is 9.36 Å². The summed E-state index contributed by atoms with van der Waals surface area (Å²) in [6, 6.07) is 12.8. The number of aryl methyl sites for hydroxylation is 1. The molecule has 0 bridgehead atoms. The van der Waals surface area contributed by atoms with Crippen LogP contribution >= 0.6 is 11.6 Å². The van der Waals surface area contributed by atoms with E-state index in [1.54, 1.807) is 22.8 Å². The molecule has 0 aliphatic heterocycles. The summed E-state index contributed by atoms with van der Waals surface area (Å²) in [6.07, 6.45) is 0. The Morgan fingerprint density at radius 2 is 1.96 bits per heavy atom. The molecule has 0 aliphatic rings. The van der Waals surface area contributed by atoms with Crippen molar-refractivity contribution in [1.82, 2.24) is 4.57 Å². The summed E-state index contributed by atoms with van der Waals surface area (Å²) in [5.41, 5.74) is 3.16. The third-order valence-electron chi connectivity index (χ3n) is 4.14. The number of carbonyl (C=O) groups excluding carboxylic acids is 1. The summed E-state index contributed by atoms with van der Waals surface area (Å²) >= 11 is 5.93. The van der Waals surface area contributed by atoms with Crippen LogP contribution in [-0.2, 0) is 6.61 Å². The van der Waals surface area contributed by atoms with Crippen LogP contribution in [0.4, 0.5) is 0 Å². The summed E-state index contributed by atoms with van der Waals surface area (Å²) in [5.74, 6) is 0.446. The number of nitrogens with zero attached hydrogens (tertiary/aromatic N) is 1. The van der Waals surface area contributed by atoms with E-state index in [2.05, 4.69) is 0 Å². The fourth-order valence-corrected chi connectivity index (χ4v) is 3.16. The first-order chi connectivity index (χ1) is 11.5. The van der Waals surface area contributed by atoms with E-state index in [0.29, 0.717) is 10.8 Å². The van der Waals surface area contributed by atoms with Gasteiger partial charge >= 0.3 is 0 Å². The molecule has 0 saturated heterocycles. The number of hydrogen-bond acceptors (Lipinski definition) is 3. The second-order valence-electron chi connectivity index (χ2n) is 5.67. The van der Waals surface area contributed by atoms with Crippen LogP contribution < -0.4 is 4.74 Å². The molecule has 1 aromatic heterocycles. The maximum atomic E-state index is 12.7. The zero-order chi connectivity index (χ0) is 17.3. The zero-order valence-corrected chi connectivity index (χ0v) is 14.3. The van der Waals surface area contributed by atoms with Gasteiger partial charge in [0.2, 0.25) is 0 Å². The van der Waals surface area contributed by atoms with Crippen LogP contribution in [0.25, 0.3) is 10.9 Å². The molecule has 0 aliphatic carbocycles. The number of benzene rings is 2. The summed E-state index contributed by atoms with van der Waals surface area (Å²) in [7, 11) is 0. The molecular weight excluding hydrogens is 326 g/mol. The maximum Gasteiger partial charge on any atom is 0.269 e. The van der Waals surface area contributed by atoms with E-state index in [0.717, 1.165) is 27.7 Å². The quantitative estimate of drug-likeness (QED) is 0.775. The molecule has 0 amide bonds. The topological polar surface area (TPSA) is 51.5 Å². The molecule has 24 heavy (non-hydrogen) atoms. The number of aliphatic hydroxyl groups excluding tert-OH is 1. The van der Waals surface area contributed by atoms with Crippen LogP contribution in [0.5, 0.6) is 5.75 Å². The summed E-state index contributed by atoms with van der Waals surface area (Å²) in [5, 5.41) is 11.1. The third kappa shape index (κ3) is 2.90. The van der Waals surface area contributed by atoms with Crippen LogP contribution in [-0.4, -0.2) is 22.2 Å². The van der Waals surface area contributed by atoms with E-state index in [1.807, 2.05) is 38.1 Å². The van der Waals surface area contributed by atoms with Gasteiger partial charge in [-0.2, -0.15) is 0 Å². The summed E-state index contributed by atoms with van der Waals surface area (Å²) < 4.78 is 7.27. The standard InChI is InChI=1S/C19H18ClNO3/c1-12-9-14(20)7-8-18(12)24-11-19(23)21-13(2)16(10-22)15-5-3-4-6-17(15)21/h3-9,22H,10-11H2,1-2H3. The van der Waals surface area contributed by atoms with Gasteiger partial charge in [-0.25, -0.2) is 0 Å². The van der Waals surface area contributed by atoms with Crippen molar-refractivity contribution in [2.24, 2.45) is 0 Å². The van der Waals surface area contributed by atoms with E-state index in [9.17, 15) is 9.90 Å². The van der Waals surface area contributed by atoms with Crippen LogP contribution in [0.3, 0.4) is 0 Å². The Morgan fingerprint density at radius 3 is 2.67 bits per heavy atom. The van der Waals surface area contributed by atoms with Crippen LogP contribution in [0.15, 0.2) is 42.5 Å². The summed E-state index contributed by atoms with van der Waals surface area (Å²) in [6.45, 7) is 3.51. The van der Waals surface area contributed by atoms with Crippen LogP contribution in [0.2, 0.25) is 5.02 Å². The molecule has 0 fully saturated rings. The highest BCUT2D eigenvalue weighted by Crippen LogP contribution is 2.26. The number of ether oxygens (including phenoxy) is 1. The minimum absolute atomic E-state index is 0.0904. The number of aliphatic hydroxyl groups is 1. The molecule has 0 saturated carbocycles. The van der Waals surface area contributed by atoms with Crippen molar-refractivity contribution in [1.29, 1.82) is 0 Å². The fourth-order valence-electron chi connectivity index (χ4n) is 2.93. The smallest absolute Gasteiger partial charge is 0.269 e. The van der Waals surface area contributed by atoms with E-state index in [4.69, 9.17) is 16.3 Å². The van der Waals surface area contributed by atoms with Gasteiger partial charge in [0.05, 0.1) is 12.1 Å². The lowest BCUT2D eigenvalue weighted by atomic mass is 10.1. The molecule has 3 rings (SSSR count). The molecular formula is C19H18ClNO3. The number of para-hydroxylation sites is 1. The van der Waals surface area contributed by atoms with Crippen molar-refractivity contribution < 1.29 is 14.6 Å². The Kier molecular flexibility index (Phi) is 4.60. The van der Waals surface area contributed by atoms with Gasteiger partial charge < -0.3 is 9.84 Å². The number of halogens is 1. The number of aromatic nitrogens is 1. The number of carbonyl (C=O) groups is 1. The van der Waals surface area contributed by atoms with Crippen molar-refractivity contribution >= 4 is 28.4 Å². The predicted octanol–water partition coefficient (Wildman–Crippen LogP) is 4.12. The van der Waals surface area contributed by atoms with Crippen LogP contribution in [0.1, 0.15) is 21.6 Å².